The summed E-state index contributed by atoms with van der Waals surface area (Å²) >= 11 is 0. The molecule has 0 amide bonds. The van der Waals surface area contributed by atoms with Crippen molar-refractivity contribution in [3.05, 3.63) is 72.1 Å². The third-order valence-corrected chi connectivity index (χ3v) is 6.45. The molecule has 37 heavy (non-hydrogen) atoms. The first-order chi connectivity index (χ1) is 18.0. The molecule has 196 valence electrons. The lowest BCUT2D eigenvalue weighted by Gasteiger charge is -2.26. The maximum Gasteiger partial charge on any atom is 0.190 e. The topological polar surface area (TPSA) is 95.3 Å². The van der Waals surface area contributed by atoms with E-state index in [1.54, 1.807) is 4.68 Å². The quantitative estimate of drug-likeness (QED) is 0.431. The number of nitrogens with zero attached hydrogens (tertiary/aromatic N) is 3. The molecule has 2 aromatic carbocycles. The van der Waals surface area contributed by atoms with E-state index in [9.17, 15) is 0 Å². The first-order valence-corrected chi connectivity index (χ1v) is 12.5. The summed E-state index contributed by atoms with van der Waals surface area (Å²) in [6.07, 6.45) is 0.237. The van der Waals surface area contributed by atoms with Gasteiger partial charge in [0.1, 0.15) is 30.6 Å². The molecule has 0 radical (unpaired) electrons. The Morgan fingerprint density at radius 3 is 2.68 bits per heavy atom. The Bertz CT molecular complexity index is 1190. The highest BCUT2D eigenvalue weighted by Gasteiger charge is 2.55. The van der Waals surface area contributed by atoms with E-state index in [-0.39, 0.29) is 24.4 Å². The van der Waals surface area contributed by atoms with E-state index in [1.807, 2.05) is 74.6 Å². The van der Waals surface area contributed by atoms with Crippen LogP contribution in [0.4, 0.5) is 0 Å². The molecule has 0 N–H and O–H groups in total. The van der Waals surface area contributed by atoms with Crippen LogP contribution in [0.1, 0.15) is 25.1 Å². The Balaban J connectivity index is 1.03. The van der Waals surface area contributed by atoms with E-state index in [4.69, 9.17) is 33.2 Å². The van der Waals surface area contributed by atoms with Gasteiger partial charge in [-0.3, -0.25) is 0 Å². The van der Waals surface area contributed by atoms with Crippen LogP contribution in [0.3, 0.4) is 0 Å². The average molecular weight is 510 g/mol. The number of hydrogen-bond donors (Lipinski definition) is 0. The van der Waals surface area contributed by atoms with Gasteiger partial charge >= 0.3 is 0 Å². The Labute approximate surface area is 215 Å². The SMILES string of the molecule is CC1(C)O[C@H]2O[C@H](Cn3cc(COCC4COc5ccccc5O4)nn3)[C@H](OCc3ccccc3)[C@H]2O1. The zero-order chi connectivity index (χ0) is 25.2. The van der Waals surface area contributed by atoms with Crippen LogP contribution >= 0.6 is 0 Å². The molecular weight excluding hydrogens is 478 g/mol. The zero-order valence-electron chi connectivity index (χ0n) is 20.9. The molecule has 2 fully saturated rings. The van der Waals surface area contributed by atoms with Gasteiger partial charge in [-0.2, -0.15) is 0 Å². The lowest BCUT2D eigenvalue weighted by Crippen LogP contribution is -2.38. The fourth-order valence-electron chi connectivity index (χ4n) is 4.78. The third-order valence-electron chi connectivity index (χ3n) is 6.45. The Hall–Kier alpha value is -3.02. The highest BCUT2D eigenvalue weighted by atomic mass is 16.8. The van der Waals surface area contributed by atoms with E-state index in [2.05, 4.69) is 10.3 Å². The minimum atomic E-state index is -0.721. The van der Waals surface area contributed by atoms with Gasteiger partial charge in [0.2, 0.25) is 0 Å². The van der Waals surface area contributed by atoms with Crippen molar-refractivity contribution >= 4 is 0 Å². The first kappa shape index (κ1) is 24.3. The van der Waals surface area contributed by atoms with Gasteiger partial charge < -0.3 is 33.2 Å². The second kappa shape index (κ2) is 10.4. The summed E-state index contributed by atoms with van der Waals surface area (Å²) in [6, 6.07) is 17.7. The van der Waals surface area contributed by atoms with Crippen LogP contribution in [0.5, 0.6) is 11.5 Å². The van der Waals surface area contributed by atoms with Gasteiger partial charge in [0.15, 0.2) is 29.7 Å². The summed E-state index contributed by atoms with van der Waals surface area (Å²) in [7, 11) is 0. The molecule has 2 saturated heterocycles. The smallest absolute Gasteiger partial charge is 0.190 e. The highest BCUT2D eigenvalue weighted by molar-refractivity contribution is 5.40. The largest absolute Gasteiger partial charge is 0.486 e. The van der Waals surface area contributed by atoms with Gasteiger partial charge in [-0.25, -0.2) is 4.68 Å². The molecule has 3 aromatic rings. The van der Waals surface area contributed by atoms with Crippen LogP contribution in [-0.4, -0.2) is 64.7 Å². The molecule has 1 aromatic heterocycles. The number of ether oxygens (including phenoxy) is 7. The molecular formula is C27H31N3O7. The van der Waals surface area contributed by atoms with E-state index in [1.165, 1.54) is 0 Å². The summed E-state index contributed by atoms with van der Waals surface area (Å²) in [5.41, 5.74) is 1.80. The standard InChI is InChI=1S/C27H31N3O7/c1-27(2)36-25-24(33-14-18-8-4-3-5-9-18)23(35-26(25)37-27)13-30-12-19(28-29-30)15-31-16-20-17-32-21-10-6-7-11-22(21)34-20/h3-12,20,23-26H,13-17H2,1-2H3/t20?,23-,24+,25-,26-/m1/s1. The number of rotatable bonds is 9. The van der Waals surface area contributed by atoms with Crippen molar-refractivity contribution in [2.75, 3.05) is 13.2 Å². The van der Waals surface area contributed by atoms with Crippen LogP contribution in [0.2, 0.25) is 0 Å². The number of benzene rings is 2. The van der Waals surface area contributed by atoms with Crippen LogP contribution in [0.25, 0.3) is 0 Å². The van der Waals surface area contributed by atoms with E-state index in [0.717, 1.165) is 17.1 Å². The van der Waals surface area contributed by atoms with Crippen molar-refractivity contribution in [2.45, 2.75) is 70.1 Å². The van der Waals surface area contributed by atoms with Crippen molar-refractivity contribution in [1.29, 1.82) is 0 Å². The predicted molar refractivity (Wildman–Crippen MR) is 130 cm³/mol. The molecule has 4 heterocycles. The summed E-state index contributed by atoms with van der Waals surface area (Å²) in [5.74, 6) is 0.766. The average Bonchev–Trinajstić information content (AvgIpc) is 3.55. The van der Waals surface area contributed by atoms with E-state index in [0.29, 0.717) is 38.7 Å². The van der Waals surface area contributed by atoms with Gasteiger partial charge in [0.05, 0.1) is 32.6 Å². The molecule has 6 rings (SSSR count). The number of para-hydroxylation sites is 2. The van der Waals surface area contributed by atoms with Crippen LogP contribution in [0, 0.1) is 0 Å². The first-order valence-electron chi connectivity index (χ1n) is 12.5. The normalized spacial score (nSPS) is 27.8. The van der Waals surface area contributed by atoms with Crippen LogP contribution in [0.15, 0.2) is 60.8 Å². The zero-order valence-corrected chi connectivity index (χ0v) is 20.9. The van der Waals surface area contributed by atoms with Crippen LogP contribution < -0.4 is 9.47 Å². The molecule has 0 saturated carbocycles. The second-order valence-electron chi connectivity index (χ2n) is 9.85. The van der Waals surface area contributed by atoms with Crippen molar-refractivity contribution in [3.8, 4) is 11.5 Å². The fourth-order valence-corrected chi connectivity index (χ4v) is 4.78. The molecule has 10 nitrogen and oxygen atoms in total. The predicted octanol–water partition coefficient (Wildman–Crippen LogP) is 3.10. The van der Waals surface area contributed by atoms with Crippen molar-refractivity contribution in [1.82, 2.24) is 15.0 Å². The van der Waals surface area contributed by atoms with Gasteiger partial charge in [0, 0.05) is 0 Å². The van der Waals surface area contributed by atoms with Gasteiger partial charge in [0.25, 0.3) is 0 Å². The Kier molecular flexibility index (Phi) is 6.83. The summed E-state index contributed by atoms with van der Waals surface area (Å²) < 4.78 is 43.8. The minimum Gasteiger partial charge on any atom is -0.486 e. The molecule has 3 aliphatic rings. The molecule has 3 aliphatic heterocycles. The molecule has 1 unspecified atom stereocenters. The highest BCUT2D eigenvalue weighted by Crippen LogP contribution is 2.39. The molecule has 0 spiro atoms. The lowest BCUT2D eigenvalue weighted by molar-refractivity contribution is -0.220. The van der Waals surface area contributed by atoms with Crippen LogP contribution in [-0.2, 0) is 43.4 Å². The molecule has 5 atom stereocenters. The number of fused-ring (bicyclic) bond motifs is 2. The summed E-state index contributed by atoms with van der Waals surface area (Å²) in [6.45, 7) is 5.80. The van der Waals surface area contributed by atoms with Gasteiger partial charge in [-0.1, -0.05) is 47.7 Å². The maximum absolute atomic E-state index is 6.30. The van der Waals surface area contributed by atoms with Crippen molar-refractivity contribution in [3.63, 3.8) is 0 Å². The van der Waals surface area contributed by atoms with Crippen molar-refractivity contribution in [2.24, 2.45) is 0 Å². The van der Waals surface area contributed by atoms with E-state index >= 15 is 0 Å². The fraction of sp³-hybridized carbons (Fsp3) is 0.481. The van der Waals surface area contributed by atoms with Crippen molar-refractivity contribution < 1.29 is 33.2 Å². The van der Waals surface area contributed by atoms with Gasteiger partial charge in [-0.15, -0.1) is 5.10 Å². The maximum atomic E-state index is 6.30. The molecule has 0 aliphatic carbocycles. The summed E-state index contributed by atoms with van der Waals surface area (Å²) in [5, 5.41) is 8.51. The summed E-state index contributed by atoms with van der Waals surface area (Å²) in [4.78, 5) is 0. The monoisotopic (exact) mass is 509 g/mol. The number of hydrogen-bond acceptors (Lipinski definition) is 9. The molecule has 10 heteroatoms. The van der Waals surface area contributed by atoms with E-state index < -0.39 is 12.1 Å². The number of aromatic nitrogens is 3. The Morgan fingerprint density at radius 1 is 1.00 bits per heavy atom. The molecule has 0 bridgehead atoms. The second-order valence-corrected chi connectivity index (χ2v) is 9.85. The third kappa shape index (κ3) is 5.63. The Morgan fingerprint density at radius 2 is 1.81 bits per heavy atom. The lowest BCUT2D eigenvalue weighted by atomic mass is 10.1. The van der Waals surface area contributed by atoms with Gasteiger partial charge in [-0.05, 0) is 31.5 Å². The minimum absolute atomic E-state index is 0.178.